The van der Waals surface area contributed by atoms with E-state index in [2.05, 4.69) is 15.2 Å². The zero-order valence-corrected chi connectivity index (χ0v) is 15.8. The number of aryl methyl sites for hydroxylation is 1. The first-order chi connectivity index (χ1) is 13.1. The van der Waals surface area contributed by atoms with Gasteiger partial charge in [-0.3, -0.25) is 4.79 Å². The van der Waals surface area contributed by atoms with Crippen LogP contribution < -0.4 is 9.47 Å². The highest BCUT2D eigenvalue weighted by Gasteiger charge is 2.30. The number of hydrogen-bond donors (Lipinski definition) is 0. The topological polar surface area (TPSA) is 82.4 Å². The zero-order valence-electron chi connectivity index (χ0n) is 15.0. The van der Waals surface area contributed by atoms with Gasteiger partial charge in [0.2, 0.25) is 11.8 Å². The van der Waals surface area contributed by atoms with Crippen molar-refractivity contribution in [2.24, 2.45) is 0 Å². The Bertz CT molecular complexity index is 923. The summed E-state index contributed by atoms with van der Waals surface area (Å²) in [6.45, 7) is 3.03. The lowest BCUT2D eigenvalue weighted by Crippen LogP contribution is -2.31. The van der Waals surface area contributed by atoms with E-state index in [1.165, 1.54) is 18.4 Å². The van der Waals surface area contributed by atoms with Gasteiger partial charge in [-0.25, -0.2) is 4.98 Å². The van der Waals surface area contributed by atoms with E-state index in [-0.39, 0.29) is 12.0 Å². The SMILES string of the molecule is COc1ccc(OC2CCN(C(=O)c3sc(-n4cccc4)nc3C)C2)nn1. The highest BCUT2D eigenvalue weighted by Crippen LogP contribution is 2.26. The van der Waals surface area contributed by atoms with Crippen LogP contribution in [0.3, 0.4) is 0 Å². The van der Waals surface area contributed by atoms with Gasteiger partial charge in [-0.05, 0) is 19.1 Å². The first-order valence-corrected chi connectivity index (χ1v) is 9.40. The van der Waals surface area contributed by atoms with Gasteiger partial charge in [0, 0.05) is 37.5 Å². The molecule has 1 fully saturated rings. The average molecular weight is 385 g/mol. The summed E-state index contributed by atoms with van der Waals surface area (Å²) in [6, 6.07) is 7.28. The van der Waals surface area contributed by atoms with Gasteiger partial charge in [0.1, 0.15) is 11.0 Å². The molecule has 0 aliphatic carbocycles. The van der Waals surface area contributed by atoms with Crippen LogP contribution in [0.2, 0.25) is 0 Å². The molecule has 1 amide bonds. The lowest BCUT2D eigenvalue weighted by atomic mass is 10.3. The van der Waals surface area contributed by atoms with Crippen molar-refractivity contribution in [1.29, 1.82) is 0 Å². The predicted molar refractivity (Wildman–Crippen MR) is 99.7 cm³/mol. The summed E-state index contributed by atoms with van der Waals surface area (Å²) in [7, 11) is 1.54. The fourth-order valence-corrected chi connectivity index (χ4v) is 3.96. The number of carbonyl (C=O) groups excluding carboxylic acids is 1. The van der Waals surface area contributed by atoms with E-state index in [9.17, 15) is 4.79 Å². The molecule has 1 aliphatic rings. The number of aromatic nitrogens is 4. The van der Waals surface area contributed by atoms with Crippen molar-refractivity contribution in [1.82, 2.24) is 24.6 Å². The maximum absolute atomic E-state index is 12.9. The van der Waals surface area contributed by atoms with Crippen LogP contribution in [0.4, 0.5) is 0 Å². The summed E-state index contributed by atoms with van der Waals surface area (Å²) < 4.78 is 12.7. The monoisotopic (exact) mass is 385 g/mol. The molecule has 1 saturated heterocycles. The summed E-state index contributed by atoms with van der Waals surface area (Å²) in [5.74, 6) is 0.860. The van der Waals surface area contributed by atoms with E-state index in [0.29, 0.717) is 29.7 Å². The van der Waals surface area contributed by atoms with E-state index in [4.69, 9.17) is 9.47 Å². The van der Waals surface area contributed by atoms with Gasteiger partial charge in [0.05, 0.1) is 19.3 Å². The van der Waals surface area contributed by atoms with E-state index in [0.717, 1.165) is 17.2 Å². The summed E-state index contributed by atoms with van der Waals surface area (Å²) >= 11 is 1.41. The smallest absolute Gasteiger partial charge is 0.266 e. The minimum atomic E-state index is -0.103. The van der Waals surface area contributed by atoms with Crippen molar-refractivity contribution in [3.05, 3.63) is 47.2 Å². The Labute approximate surface area is 160 Å². The summed E-state index contributed by atoms with van der Waals surface area (Å²) in [5.41, 5.74) is 0.749. The van der Waals surface area contributed by atoms with E-state index in [1.807, 2.05) is 40.9 Å². The highest BCUT2D eigenvalue weighted by atomic mass is 32.1. The normalized spacial score (nSPS) is 16.5. The maximum Gasteiger partial charge on any atom is 0.266 e. The number of methoxy groups -OCH3 is 1. The van der Waals surface area contributed by atoms with Crippen LogP contribution in [-0.2, 0) is 0 Å². The van der Waals surface area contributed by atoms with Crippen molar-refractivity contribution in [3.8, 4) is 16.9 Å². The predicted octanol–water partition coefficient (Wildman–Crippen LogP) is 2.33. The van der Waals surface area contributed by atoms with E-state index < -0.39 is 0 Å². The lowest BCUT2D eigenvalue weighted by Gasteiger charge is -2.16. The van der Waals surface area contributed by atoms with Crippen molar-refractivity contribution in [3.63, 3.8) is 0 Å². The number of likely N-dealkylation sites (tertiary alicyclic amines) is 1. The van der Waals surface area contributed by atoms with Crippen LogP contribution in [0.15, 0.2) is 36.7 Å². The molecular weight excluding hydrogens is 366 g/mol. The number of amides is 1. The molecule has 1 atom stereocenters. The lowest BCUT2D eigenvalue weighted by molar-refractivity contribution is 0.0774. The standard InChI is InChI=1S/C18H19N5O3S/c1-12-16(27-18(19-12)22-8-3-4-9-22)17(24)23-10-7-13(11-23)26-15-6-5-14(25-2)20-21-15/h3-6,8-9,13H,7,10-11H2,1-2H3. The van der Waals surface area contributed by atoms with Crippen LogP contribution in [-0.4, -0.2) is 56.9 Å². The Morgan fingerprint density at radius 2 is 1.96 bits per heavy atom. The number of nitrogens with zero attached hydrogens (tertiary/aromatic N) is 5. The van der Waals surface area contributed by atoms with Crippen LogP contribution >= 0.6 is 11.3 Å². The first-order valence-electron chi connectivity index (χ1n) is 8.58. The van der Waals surface area contributed by atoms with E-state index in [1.54, 1.807) is 12.1 Å². The Morgan fingerprint density at radius 1 is 1.22 bits per heavy atom. The Hall–Kier alpha value is -2.94. The summed E-state index contributed by atoms with van der Waals surface area (Å²) in [4.78, 5) is 19.9. The first kappa shape index (κ1) is 17.5. The van der Waals surface area contributed by atoms with Gasteiger partial charge in [-0.1, -0.05) is 11.3 Å². The molecule has 3 aromatic rings. The van der Waals surface area contributed by atoms with Crippen LogP contribution in [0.25, 0.3) is 5.13 Å². The molecule has 0 bridgehead atoms. The Balaban J connectivity index is 1.42. The molecule has 1 aliphatic heterocycles. The molecule has 4 heterocycles. The van der Waals surface area contributed by atoms with Crippen LogP contribution in [0.1, 0.15) is 21.8 Å². The fraction of sp³-hybridized carbons (Fsp3) is 0.333. The molecule has 1 unspecified atom stereocenters. The van der Waals surface area contributed by atoms with Crippen molar-refractivity contribution >= 4 is 17.2 Å². The second-order valence-electron chi connectivity index (χ2n) is 6.19. The zero-order chi connectivity index (χ0) is 18.8. The molecule has 0 saturated carbocycles. The number of hydrogen-bond acceptors (Lipinski definition) is 7. The molecule has 4 rings (SSSR count). The molecule has 0 radical (unpaired) electrons. The minimum Gasteiger partial charge on any atom is -0.480 e. The Morgan fingerprint density at radius 3 is 2.67 bits per heavy atom. The third-order valence-electron chi connectivity index (χ3n) is 4.35. The largest absolute Gasteiger partial charge is 0.480 e. The number of thiazole rings is 1. The highest BCUT2D eigenvalue weighted by molar-refractivity contribution is 7.16. The second kappa shape index (κ2) is 7.36. The molecule has 0 N–H and O–H groups in total. The van der Waals surface area contributed by atoms with Gasteiger partial charge < -0.3 is 18.9 Å². The van der Waals surface area contributed by atoms with Crippen molar-refractivity contribution in [2.75, 3.05) is 20.2 Å². The fourth-order valence-electron chi connectivity index (χ4n) is 2.96. The van der Waals surface area contributed by atoms with Gasteiger partial charge in [-0.15, -0.1) is 10.2 Å². The van der Waals surface area contributed by atoms with Crippen molar-refractivity contribution < 1.29 is 14.3 Å². The third-order valence-corrected chi connectivity index (χ3v) is 5.51. The summed E-state index contributed by atoms with van der Waals surface area (Å²) in [5, 5.41) is 8.66. The number of ether oxygens (including phenoxy) is 2. The molecule has 9 heteroatoms. The minimum absolute atomic E-state index is 0.00433. The van der Waals surface area contributed by atoms with E-state index >= 15 is 0 Å². The molecule has 0 spiro atoms. The molecule has 3 aromatic heterocycles. The molecule has 140 valence electrons. The molecule has 8 nitrogen and oxygen atoms in total. The van der Waals surface area contributed by atoms with Gasteiger partial charge >= 0.3 is 0 Å². The van der Waals surface area contributed by atoms with Gasteiger partial charge in [0.25, 0.3) is 5.91 Å². The van der Waals surface area contributed by atoms with Crippen molar-refractivity contribution in [2.45, 2.75) is 19.4 Å². The van der Waals surface area contributed by atoms with Gasteiger partial charge in [0.15, 0.2) is 5.13 Å². The average Bonchev–Trinajstić information content (AvgIpc) is 3.42. The van der Waals surface area contributed by atoms with Crippen LogP contribution in [0.5, 0.6) is 11.8 Å². The van der Waals surface area contributed by atoms with Gasteiger partial charge in [-0.2, -0.15) is 0 Å². The molecule has 27 heavy (non-hydrogen) atoms. The molecule has 0 aromatic carbocycles. The Kier molecular flexibility index (Phi) is 4.76. The maximum atomic E-state index is 12.9. The quantitative estimate of drug-likeness (QED) is 0.670. The van der Waals surface area contributed by atoms with Crippen LogP contribution in [0, 0.1) is 6.92 Å². The number of carbonyl (C=O) groups is 1. The summed E-state index contributed by atoms with van der Waals surface area (Å²) in [6.07, 6.45) is 4.49. The number of rotatable bonds is 5. The third kappa shape index (κ3) is 3.63. The molecular formula is C18H19N5O3S. The second-order valence-corrected chi connectivity index (χ2v) is 7.17.